The van der Waals surface area contributed by atoms with E-state index in [1.165, 1.54) is 30.3 Å². The van der Waals surface area contributed by atoms with Crippen LogP contribution in [0.2, 0.25) is 0 Å². The summed E-state index contributed by atoms with van der Waals surface area (Å²) in [4.78, 5) is 13.0. The number of rotatable bonds is 8. The normalized spacial score (nSPS) is 16.4. The predicted octanol–water partition coefficient (Wildman–Crippen LogP) is 4.31. The van der Waals surface area contributed by atoms with E-state index in [0.29, 0.717) is 44.8 Å². The number of hydrogen-bond donors (Lipinski definition) is 1. The molecule has 7 heteroatoms. The Kier molecular flexibility index (Phi) is 6.69. The Balaban J connectivity index is 1.50. The van der Waals surface area contributed by atoms with Gasteiger partial charge in [0.1, 0.15) is 18.0 Å². The number of hydrogen-bond acceptors (Lipinski definition) is 4. The van der Waals surface area contributed by atoms with Crippen molar-refractivity contribution in [2.24, 2.45) is 0 Å². The molecule has 0 atom stereocenters. The summed E-state index contributed by atoms with van der Waals surface area (Å²) in [5, 5.41) is 8.91. The van der Waals surface area contributed by atoms with Gasteiger partial charge in [-0.15, -0.1) is 0 Å². The number of ether oxygens (including phenoxy) is 2. The van der Waals surface area contributed by atoms with E-state index in [-0.39, 0.29) is 23.7 Å². The summed E-state index contributed by atoms with van der Waals surface area (Å²) in [5.41, 5.74) is -0.341. The third-order valence-electron chi connectivity index (χ3n) is 5.05. The van der Waals surface area contributed by atoms with Gasteiger partial charge in [-0.3, -0.25) is 4.90 Å². The minimum Gasteiger partial charge on any atom is -0.491 e. The van der Waals surface area contributed by atoms with Crippen LogP contribution in [0, 0.1) is 5.82 Å². The van der Waals surface area contributed by atoms with E-state index in [0.717, 1.165) is 5.56 Å². The number of aromatic carboxylic acids is 1. The van der Waals surface area contributed by atoms with Crippen molar-refractivity contribution in [2.75, 3.05) is 26.3 Å². The maximum atomic E-state index is 15.1. The van der Waals surface area contributed by atoms with Crippen LogP contribution >= 0.6 is 0 Å². The summed E-state index contributed by atoms with van der Waals surface area (Å²) >= 11 is 0. The topological polar surface area (TPSA) is 59.0 Å². The van der Waals surface area contributed by atoms with Crippen molar-refractivity contribution in [3.8, 4) is 11.5 Å². The van der Waals surface area contributed by atoms with E-state index < -0.39 is 11.6 Å². The number of alkyl halides is 1. The molecule has 29 heavy (non-hydrogen) atoms. The molecule has 1 aliphatic heterocycles. The molecule has 0 amide bonds. The molecule has 0 bridgehead atoms. The van der Waals surface area contributed by atoms with Gasteiger partial charge in [0.15, 0.2) is 11.6 Å². The average Bonchev–Trinajstić information content (AvgIpc) is 2.71. The lowest BCUT2D eigenvalue weighted by atomic mass is 9.94. The lowest BCUT2D eigenvalue weighted by molar-refractivity contribution is 0.0152. The Morgan fingerprint density at radius 1 is 1.14 bits per heavy atom. The van der Waals surface area contributed by atoms with E-state index >= 15 is 4.39 Å². The first-order chi connectivity index (χ1) is 13.9. The Morgan fingerprint density at radius 3 is 2.45 bits per heavy atom. The molecule has 0 spiro atoms. The molecule has 0 radical (unpaired) electrons. The lowest BCUT2D eigenvalue weighted by Gasteiger charge is -2.36. The first-order valence-corrected chi connectivity index (χ1v) is 9.67. The standard InChI is InChI=1S/C22H25F2NO4/c1-2-28-20-13-16(3-8-19(20)23)14-25-11-9-22(24,10-12-25)15-29-18-6-4-17(5-7-18)21(26)27/h3-8,13H,2,9-12,14-15H2,1H3,(H,26,27). The highest BCUT2D eigenvalue weighted by molar-refractivity contribution is 5.87. The second kappa shape index (κ2) is 9.22. The number of piperidine rings is 1. The fraction of sp³-hybridized carbons (Fsp3) is 0.409. The number of carbonyl (C=O) groups is 1. The van der Waals surface area contributed by atoms with Crippen LogP contribution in [0.3, 0.4) is 0 Å². The molecule has 5 nitrogen and oxygen atoms in total. The number of carboxylic acid groups (broad SMARTS) is 1. The van der Waals surface area contributed by atoms with Crippen LogP contribution in [0.25, 0.3) is 0 Å². The second-order valence-electron chi connectivity index (χ2n) is 7.24. The maximum Gasteiger partial charge on any atom is 0.335 e. The molecule has 0 aliphatic carbocycles. The van der Waals surface area contributed by atoms with Crippen molar-refractivity contribution in [1.29, 1.82) is 0 Å². The molecule has 1 N–H and O–H groups in total. The number of carboxylic acids is 1. The highest BCUT2D eigenvalue weighted by atomic mass is 19.1. The van der Waals surface area contributed by atoms with Gasteiger partial charge < -0.3 is 14.6 Å². The molecule has 1 aliphatic rings. The maximum absolute atomic E-state index is 15.1. The molecule has 1 saturated heterocycles. The van der Waals surface area contributed by atoms with E-state index in [1.54, 1.807) is 19.1 Å². The molecular formula is C22H25F2NO4. The fourth-order valence-electron chi connectivity index (χ4n) is 3.33. The molecule has 2 aromatic carbocycles. The summed E-state index contributed by atoms with van der Waals surface area (Å²) in [5.74, 6) is -0.709. The average molecular weight is 405 g/mol. The van der Waals surface area contributed by atoms with Crippen LogP contribution in [0.15, 0.2) is 42.5 Å². The smallest absolute Gasteiger partial charge is 0.335 e. The summed E-state index contributed by atoms with van der Waals surface area (Å²) in [6, 6.07) is 10.7. The van der Waals surface area contributed by atoms with Crippen LogP contribution < -0.4 is 9.47 Å². The van der Waals surface area contributed by atoms with Crippen molar-refractivity contribution in [1.82, 2.24) is 4.90 Å². The molecule has 156 valence electrons. The van der Waals surface area contributed by atoms with Gasteiger partial charge in [0.25, 0.3) is 0 Å². The van der Waals surface area contributed by atoms with Crippen LogP contribution in [0.4, 0.5) is 8.78 Å². The van der Waals surface area contributed by atoms with Gasteiger partial charge in [-0.1, -0.05) is 6.07 Å². The predicted molar refractivity (Wildman–Crippen MR) is 105 cm³/mol. The van der Waals surface area contributed by atoms with Crippen molar-refractivity contribution in [2.45, 2.75) is 32.0 Å². The molecule has 0 saturated carbocycles. The van der Waals surface area contributed by atoms with Crippen molar-refractivity contribution < 1.29 is 28.2 Å². The van der Waals surface area contributed by atoms with Crippen LogP contribution in [0.5, 0.6) is 11.5 Å². The quantitative estimate of drug-likeness (QED) is 0.709. The van der Waals surface area contributed by atoms with Crippen LogP contribution in [-0.2, 0) is 6.54 Å². The molecule has 2 aromatic rings. The minimum absolute atomic E-state index is 0.0711. The van der Waals surface area contributed by atoms with Gasteiger partial charge in [0, 0.05) is 19.6 Å². The van der Waals surface area contributed by atoms with Gasteiger partial charge in [-0.05, 0) is 61.7 Å². The van der Waals surface area contributed by atoms with Crippen molar-refractivity contribution in [3.05, 3.63) is 59.4 Å². The van der Waals surface area contributed by atoms with Gasteiger partial charge in [0.2, 0.25) is 0 Å². The lowest BCUT2D eigenvalue weighted by Crippen LogP contribution is -2.44. The number of halogens is 2. The minimum atomic E-state index is -1.43. The SMILES string of the molecule is CCOc1cc(CN2CCC(F)(COc3ccc(C(=O)O)cc3)CC2)ccc1F. The second-order valence-corrected chi connectivity index (χ2v) is 7.24. The zero-order valence-electron chi connectivity index (χ0n) is 16.4. The first kappa shape index (κ1) is 21.0. The zero-order valence-corrected chi connectivity index (χ0v) is 16.4. The Labute approximate surface area is 168 Å². The molecule has 1 fully saturated rings. The third-order valence-corrected chi connectivity index (χ3v) is 5.05. The van der Waals surface area contributed by atoms with E-state index in [2.05, 4.69) is 4.90 Å². The molecule has 0 aromatic heterocycles. The Hall–Kier alpha value is -2.67. The van der Waals surface area contributed by atoms with Crippen LogP contribution in [0.1, 0.15) is 35.7 Å². The molecule has 0 unspecified atom stereocenters. The van der Waals surface area contributed by atoms with Crippen molar-refractivity contribution >= 4 is 5.97 Å². The fourth-order valence-corrected chi connectivity index (χ4v) is 3.33. The zero-order chi connectivity index (χ0) is 20.9. The molecular weight excluding hydrogens is 380 g/mol. The highest BCUT2D eigenvalue weighted by Gasteiger charge is 2.35. The van der Waals surface area contributed by atoms with E-state index in [4.69, 9.17) is 14.6 Å². The van der Waals surface area contributed by atoms with Gasteiger partial charge >= 0.3 is 5.97 Å². The van der Waals surface area contributed by atoms with Gasteiger partial charge in [-0.25, -0.2) is 13.6 Å². The summed E-state index contributed by atoms with van der Waals surface area (Å²) in [7, 11) is 0. The Bertz CT molecular complexity index is 833. The number of likely N-dealkylation sites (tertiary alicyclic amines) is 1. The summed E-state index contributed by atoms with van der Waals surface area (Å²) in [6.07, 6.45) is 0.666. The number of nitrogens with zero attached hydrogens (tertiary/aromatic N) is 1. The molecule has 3 rings (SSSR count). The molecule has 1 heterocycles. The van der Waals surface area contributed by atoms with E-state index in [9.17, 15) is 9.18 Å². The van der Waals surface area contributed by atoms with Crippen molar-refractivity contribution in [3.63, 3.8) is 0 Å². The van der Waals surface area contributed by atoms with Gasteiger partial charge in [0.05, 0.1) is 12.2 Å². The van der Waals surface area contributed by atoms with Crippen LogP contribution in [-0.4, -0.2) is 47.9 Å². The third kappa shape index (κ3) is 5.67. The van der Waals surface area contributed by atoms with E-state index in [1.807, 2.05) is 0 Å². The summed E-state index contributed by atoms with van der Waals surface area (Å²) in [6.45, 7) is 3.87. The largest absolute Gasteiger partial charge is 0.491 e. The Morgan fingerprint density at radius 2 is 1.83 bits per heavy atom. The van der Waals surface area contributed by atoms with Gasteiger partial charge in [-0.2, -0.15) is 0 Å². The highest BCUT2D eigenvalue weighted by Crippen LogP contribution is 2.29. The first-order valence-electron chi connectivity index (χ1n) is 9.67. The monoisotopic (exact) mass is 405 g/mol. The number of benzene rings is 2. The summed E-state index contributed by atoms with van der Waals surface area (Å²) < 4.78 is 39.6.